The van der Waals surface area contributed by atoms with E-state index < -0.39 is 0 Å². The van der Waals surface area contributed by atoms with Gasteiger partial charge in [0.1, 0.15) is 17.9 Å². The number of anilines is 1. The largest absolute Gasteiger partial charge is 0.382 e. The molecular weight excluding hydrogens is 300 g/mol. The van der Waals surface area contributed by atoms with E-state index in [1.54, 1.807) is 0 Å². The molecule has 1 aliphatic rings. The normalized spacial score (nSPS) is 17.2. The van der Waals surface area contributed by atoms with Crippen LogP contribution in [0.5, 0.6) is 0 Å². The molecule has 5 nitrogen and oxygen atoms in total. The number of aromatic nitrogens is 3. The van der Waals surface area contributed by atoms with E-state index in [1.165, 1.54) is 5.56 Å². The fraction of sp³-hybridized carbons (Fsp3) is 0.158. The molecule has 0 fully saturated rings. The minimum atomic E-state index is 0.0881. The predicted octanol–water partition coefficient (Wildman–Crippen LogP) is 3.29. The summed E-state index contributed by atoms with van der Waals surface area (Å²) < 4.78 is 8.07. The molecule has 2 aromatic carbocycles. The molecule has 2 N–H and O–H groups in total. The molecule has 1 atom stereocenters. The minimum absolute atomic E-state index is 0.0881. The Morgan fingerprint density at radius 3 is 2.67 bits per heavy atom. The summed E-state index contributed by atoms with van der Waals surface area (Å²) in [6, 6.07) is 18.5. The SMILES string of the molecule is Nc1nc2ccccc2c2c1nc1n2[C@H](c2ccccc2)COC1. The van der Waals surface area contributed by atoms with Crippen molar-refractivity contribution in [2.24, 2.45) is 0 Å². The van der Waals surface area contributed by atoms with Gasteiger partial charge in [-0.3, -0.25) is 0 Å². The van der Waals surface area contributed by atoms with Gasteiger partial charge in [-0.15, -0.1) is 0 Å². The van der Waals surface area contributed by atoms with Gasteiger partial charge in [0.25, 0.3) is 0 Å². The first-order valence-corrected chi connectivity index (χ1v) is 8.00. The zero-order valence-electron chi connectivity index (χ0n) is 13.0. The average molecular weight is 316 g/mol. The molecule has 0 bridgehead atoms. The standard InChI is InChI=1S/C19H16N4O/c20-19-17-18(13-8-4-5-9-14(13)21-19)23-15(10-24-11-16(23)22-17)12-6-2-1-3-7-12/h1-9,15H,10-11H2,(H2,20,21)/t15-/m0/s1. The summed E-state index contributed by atoms with van der Waals surface area (Å²) in [5.74, 6) is 1.37. The van der Waals surface area contributed by atoms with Gasteiger partial charge in [-0.05, 0) is 11.6 Å². The van der Waals surface area contributed by atoms with Crippen molar-refractivity contribution < 1.29 is 4.74 Å². The third kappa shape index (κ3) is 1.85. The fourth-order valence-electron chi connectivity index (χ4n) is 3.56. The van der Waals surface area contributed by atoms with Crippen LogP contribution in [0.1, 0.15) is 17.4 Å². The molecule has 5 rings (SSSR count). The number of imidazole rings is 1. The second-order valence-electron chi connectivity index (χ2n) is 6.05. The number of ether oxygens (including phenoxy) is 1. The molecule has 0 unspecified atom stereocenters. The summed E-state index contributed by atoms with van der Waals surface area (Å²) in [5.41, 5.74) is 10.1. The fourth-order valence-corrected chi connectivity index (χ4v) is 3.56. The van der Waals surface area contributed by atoms with E-state index in [0.29, 0.717) is 19.0 Å². The van der Waals surface area contributed by atoms with Crippen molar-refractivity contribution in [2.45, 2.75) is 12.6 Å². The van der Waals surface area contributed by atoms with Gasteiger partial charge >= 0.3 is 0 Å². The molecule has 0 amide bonds. The molecule has 0 radical (unpaired) electrons. The number of fused-ring (bicyclic) bond motifs is 5. The van der Waals surface area contributed by atoms with Gasteiger partial charge in [0.2, 0.25) is 0 Å². The first-order chi connectivity index (χ1) is 11.8. The Morgan fingerprint density at radius 1 is 1.00 bits per heavy atom. The lowest BCUT2D eigenvalue weighted by molar-refractivity contribution is 0.0680. The van der Waals surface area contributed by atoms with Gasteiger partial charge in [0.05, 0.1) is 23.7 Å². The third-order valence-electron chi connectivity index (χ3n) is 4.63. The van der Waals surface area contributed by atoms with Gasteiger partial charge in [0, 0.05) is 5.39 Å². The van der Waals surface area contributed by atoms with Crippen LogP contribution >= 0.6 is 0 Å². The highest BCUT2D eigenvalue weighted by atomic mass is 16.5. The van der Waals surface area contributed by atoms with Gasteiger partial charge in [-0.2, -0.15) is 0 Å². The lowest BCUT2D eigenvalue weighted by Crippen LogP contribution is -2.24. The van der Waals surface area contributed by atoms with Crippen LogP contribution < -0.4 is 5.73 Å². The Morgan fingerprint density at radius 2 is 1.79 bits per heavy atom. The van der Waals surface area contributed by atoms with Crippen molar-refractivity contribution in [3.05, 3.63) is 66.0 Å². The van der Waals surface area contributed by atoms with E-state index in [1.807, 2.05) is 24.3 Å². The second-order valence-corrected chi connectivity index (χ2v) is 6.05. The van der Waals surface area contributed by atoms with Crippen molar-refractivity contribution in [1.29, 1.82) is 0 Å². The second kappa shape index (κ2) is 5.04. The number of para-hydroxylation sites is 1. The Balaban J connectivity index is 1.89. The smallest absolute Gasteiger partial charge is 0.152 e. The first kappa shape index (κ1) is 13.5. The number of hydrogen-bond donors (Lipinski definition) is 1. The van der Waals surface area contributed by atoms with Gasteiger partial charge in [-0.1, -0.05) is 48.5 Å². The quantitative estimate of drug-likeness (QED) is 0.585. The highest BCUT2D eigenvalue weighted by Crippen LogP contribution is 2.35. The molecule has 0 saturated heterocycles. The van der Waals surface area contributed by atoms with Crippen LogP contribution in [0, 0.1) is 0 Å². The Kier molecular flexibility index (Phi) is 2.84. The lowest BCUT2D eigenvalue weighted by atomic mass is 10.1. The summed E-state index contributed by atoms with van der Waals surface area (Å²) >= 11 is 0. The number of nitrogens with two attached hydrogens (primary N) is 1. The van der Waals surface area contributed by atoms with E-state index in [2.05, 4.69) is 39.9 Å². The van der Waals surface area contributed by atoms with E-state index in [-0.39, 0.29) is 6.04 Å². The van der Waals surface area contributed by atoms with E-state index in [0.717, 1.165) is 27.8 Å². The van der Waals surface area contributed by atoms with E-state index >= 15 is 0 Å². The molecule has 4 aromatic rings. The van der Waals surface area contributed by atoms with Crippen LogP contribution in [0.2, 0.25) is 0 Å². The topological polar surface area (TPSA) is 66.0 Å². The van der Waals surface area contributed by atoms with E-state index in [9.17, 15) is 0 Å². The summed E-state index contributed by atoms with van der Waals surface area (Å²) in [6.45, 7) is 1.12. The minimum Gasteiger partial charge on any atom is -0.382 e. The number of pyridine rings is 1. The predicted molar refractivity (Wildman–Crippen MR) is 93.7 cm³/mol. The third-order valence-corrected chi connectivity index (χ3v) is 4.63. The highest BCUT2D eigenvalue weighted by molar-refractivity contribution is 6.06. The van der Waals surface area contributed by atoms with Crippen molar-refractivity contribution in [3.63, 3.8) is 0 Å². The van der Waals surface area contributed by atoms with Crippen LogP contribution in [-0.2, 0) is 11.3 Å². The van der Waals surface area contributed by atoms with Crippen LogP contribution in [0.25, 0.3) is 21.9 Å². The molecule has 3 heterocycles. The number of rotatable bonds is 1. The Bertz CT molecular complexity index is 1060. The van der Waals surface area contributed by atoms with Gasteiger partial charge in [-0.25, -0.2) is 9.97 Å². The van der Waals surface area contributed by atoms with E-state index in [4.69, 9.17) is 15.5 Å². The number of hydrogen-bond acceptors (Lipinski definition) is 4. The van der Waals surface area contributed by atoms with Crippen molar-refractivity contribution in [3.8, 4) is 0 Å². The molecule has 0 saturated carbocycles. The maximum atomic E-state index is 6.19. The molecular formula is C19H16N4O. The zero-order chi connectivity index (χ0) is 16.1. The van der Waals surface area contributed by atoms with Gasteiger partial charge in [0.15, 0.2) is 5.82 Å². The lowest BCUT2D eigenvalue weighted by Gasteiger charge is -2.26. The maximum absolute atomic E-state index is 6.19. The van der Waals surface area contributed by atoms with Gasteiger partial charge < -0.3 is 15.0 Å². The maximum Gasteiger partial charge on any atom is 0.152 e. The highest BCUT2D eigenvalue weighted by Gasteiger charge is 2.27. The number of nitrogens with zero attached hydrogens (tertiary/aromatic N) is 3. The molecule has 0 spiro atoms. The summed E-state index contributed by atoms with van der Waals surface area (Å²) in [4.78, 5) is 9.24. The average Bonchev–Trinajstić information content (AvgIpc) is 3.03. The summed E-state index contributed by atoms with van der Waals surface area (Å²) in [7, 11) is 0. The first-order valence-electron chi connectivity index (χ1n) is 8.00. The van der Waals surface area contributed by atoms with Crippen molar-refractivity contribution in [2.75, 3.05) is 12.3 Å². The molecule has 1 aliphatic heterocycles. The van der Waals surface area contributed by atoms with Crippen molar-refractivity contribution >= 4 is 27.8 Å². The molecule has 5 heteroatoms. The Hall–Kier alpha value is -2.92. The molecule has 118 valence electrons. The van der Waals surface area contributed by atoms with Crippen molar-refractivity contribution in [1.82, 2.24) is 14.5 Å². The molecule has 0 aliphatic carbocycles. The number of nitrogen functional groups attached to an aromatic ring is 1. The molecule has 2 aromatic heterocycles. The number of benzene rings is 2. The summed E-state index contributed by atoms with van der Waals surface area (Å²) in [5, 5.41) is 1.07. The summed E-state index contributed by atoms with van der Waals surface area (Å²) in [6.07, 6.45) is 0. The van der Waals surface area contributed by atoms with Crippen LogP contribution in [0.15, 0.2) is 54.6 Å². The van der Waals surface area contributed by atoms with Crippen LogP contribution in [-0.4, -0.2) is 21.1 Å². The van der Waals surface area contributed by atoms with Crippen LogP contribution in [0.4, 0.5) is 5.82 Å². The Labute approximate surface area is 138 Å². The van der Waals surface area contributed by atoms with Crippen LogP contribution in [0.3, 0.4) is 0 Å². The monoisotopic (exact) mass is 316 g/mol. The molecule has 24 heavy (non-hydrogen) atoms. The zero-order valence-corrected chi connectivity index (χ0v) is 13.0.